The zero-order chi connectivity index (χ0) is 7.40. The summed E-state index contributed by atoms with van der Waals surface area (Å²) in [5.74, 6) is 0.481. The highest BCUT2D eigenvalue weighted by Crippen LogP contribution is 2.00. The van der Waals surface area contributed by atoms with Gasteiger partial charge in [0.15, 0.2) is 5.82 Å². The number of anilines is 1. The van der Waals surface area contributed by atoms with Crippen LogP contribution in [0.2, 0.25) is 0 Å². The lowest BCUT2D eigenvalue weighted by Gasteiger charge is -1.94. The molecule has 0 radical (unpaired) electrons. The van der Waals surface area contributed by atoms with Gasteiger partial charge in [0, 0.05) is 0 Å². The van der Waals surface area contributed by atoms with E-state index in [1.807, 2.05) is 6.92 Å². The molecular weight excluding hydrogens is 130 g/mol. The number of nitrogens with zero attached hydrogens (tertiary/aromatic N) is 2. The molecule has 4 nitrogen and oxygen atoms in total. The fraction of sp³-hybridized carbons (Fsp3) is 0.167. The number of carbonyl (C=O) groups is 1. The highest BCUT2D eigenvalue weighted by molar-refractivity contribution is 5.68. The van der Waals surface area contributed by atoms with Crippen molar-refractivity contribution in [1.82, 2.24) is 10.2 Å². The molecule has 0 aliphatic heterocycles. The smallest absolute Gasteiger partial charge is 0.212 e. The quantitative estimate of drug-likeness (QED) is 0.598. The first-order valence-corrected chi connectivity index (χ1v) is 2.82. The van der Waals surface area contributed by atoms with E-state index >= 15 is 0 Å². The standard InChI is InChI=1S/C6H7N3O/c1-5-2-6(7-4-10)9-8-3-5/h2-4H,1H3,(H,7,9,10). The molecule has 1 amide bonds. The van der Waals surface area contributed by atoms with Crippen LogP contribution in [0.15, 0.2) is 12.3 Å². The van der Waals surface area contributed by atoms with Gasteiger partial charge >= 0.3 is 0 Å². The molecule has 1 aromatic heterocycles. The summed E-state index contributed by atoms with van der Waals surface area (Å²) in [6.45, 7) is 1.88. The average Bonchev–Trinajstić information content (AvgIpc) is 1.88. The second-order valence-corrected chi connectivity index (χ2v) is 1.88. The van der Waals surface area contributed by atoms with Crippen LogP contribution >= 0.6 is 0 Å². The lowest BCUT2D eigenvalue weighted by molar-refractivity contribution is -0.105. The third-order valence-electron chi connectivity index (χ3n) is 0.998. The first kappa shape index (κ1) is 6.67. The molecule has 0 fully saturated rings. The molecule has 0 saturated carbocycles. The molecule has 0 atom stereocenters. The summed E-state index contributed by atoms with van der Waals surface area (Å²) in [7, 11) is 0. The van der Waals surface area contributed by atoms with Gasteiger partial charge in [-0.25, -0.2) is 0 Å². The first-order chi connectivity index (χ1) is 4.83. The van der Waals surface area contributed by atoms with Crippen LogP contribution in [0.5, 0.6) is 0 Å². The van der Waals surface area contributed by atoms with Crippen molar-refractivity contribution < 1.29 is 4.79 Å². The third kappa shape index (κ3) is 1.51. The lowest BCUT2D eigenvalue weighted by Crippen LogP contribution is -1.97. The molecule has 0 saturated heterocycles. The maximum absolute atomic E-state index is 9.91. The summed E-state index contributed by atoms with van der Waals surface area (Å²) >= 11 is 0. The Morgan fingerprint density at radius 1 is 1.70 bits per heavy atom. The SMILES string of the molecule is Cc1cnnc(NC=O)c1. The second-order valence-electron chi connectivity index (χ2n) is 1.88. The fourth-order valence-corrected chi connectivity index (χ4v) is 0.595. The van der Waals surface area contributed by atoms with Crippen LogP contribution in [-0.2, 0) is 4.79 Å². The van der Waals surface area contributed by atoms with Gasteiger partial charge in [-0.15, -0.1) is 5.10 Å². The third-order valence-corrected chi connectivity index (χ3v) is 0.998. The molecule has 0 unspecified atom stereocenters. The Morgan fingerprint density at radius 3 is 3.10 bits per heavy atom. The van der Waals surface area contributed by atoms with E-state index in [-0.39, 0.29) is 0 Å². The van der Waals surface area contributed by atoms with Gasteiger partial charge in [0.1, 0.15) is 0 Å². The van der Waals surface area contributed by atoms with E-state index in [1.165, 1.54) is 0 Å². The van der Waals surface area contributed by atoms with Crippen molar-refractivity contribution in [2.45, 2.75) is 6.92 Å². The summed E-state index contributed by atoms with van der Waals surface area (Å²) in [5.41, 5.74) is 0.972. The summed E-state index contributed by atoms with van der Waals surface area (Å²) in [5, 5.41) is 9.66. The van der Waals surface area contributed by atoms with Crippen LogP contribution in [0.25, 0.3) is 0 Å². The van der Waals surface area contributed by atoms with Gasteiger partial charge < -0.3 is 5.32 Å². The molecule has 10 heavy (non-hydrogen) atoms. The Balaban J connectivity index is 2.84. The van der Waals surface area contributed by atoms with E-state index < -0.39 is 0 Å². The predicted octanol–water partition coefficient (Wildman–Crippen LogP) is 0.353. The molecule has 52 valence electrons. The molecule has 1 heterocycles. The Morgan fingerprint density at radius 2 is 2.50 bits per heavy atom. The van der Waals surface area contributed by atoms with E-state index in [1.54, 1.807) is 12.3 Å². The average molecular weight is 137 g/mol. The summed E-state index contributed by atoms with van der Waals surface area (Å²) in [4.78, 5) is 9.91. The normalized spacial score (nSPS) is 8.90. The maximum Gasteiger partial charge on any atom is 0.212 e. The van der Waals surface area contributed by atoms with Gasteiger partial charge in [0.2, 0.25) is 6.41 Å². The lowest BCUT2D eigenvalue weighted by atomic mass is 10.3. The van der Waals surface area contributed by atoms with Crippen molar-refractivity contribution in [3.05, 3.63) is 17.8 Å². The Kier molecular flexibility index (Phi) is 1.94. The molecule has 0 aliphatic rings. The molecule has 1 N–H and O–H groups in total. The van der Waals surface area contributed by atoms with Crippen LogP contribution in [-0.4, -0.2) is 16.6 Å². The number of aryl methyl sites for hydroxylation is 1. The predicted molar refractivity (Wildman–Crippen MR) is 36.5 cm³/mol. The largest absolute Gasteiger partial charge is 0.312 e. The fourth-order valence-electron chi connectivity index (χ4n) is 0.595. The minimum Gasteiger partial charge on any atom is -0.312 e. The molecule has 0 aromatic carbocycles. The first-order valence-electron chi connectivity index (χ1n) is 2.82. The molecule has 1 aromatic rings. The van der Waals surface area contributed by atoms with Gasteiger partial charge in [-0.05, 0) is 18.6 Å². The van der Waals surface area contributed by atoms with Crippen LogP contribution < -0.4 is 5.32 Å². The molecule has 0 aliphatic carbocycles. The van der Waals surface area contributed by atoms with Crippen molar-refractivity contribution in [3.63, 3.8) is 0 Å². The van der Waals surface area contributed by atoms with Crippen LogP contribution in [0.3, 0.4) is 0 Å². The van der Waals surface area contributed by atoms with Gasteiger partial charge in [-0.1, -0.05) is 0 Å². The number of hydrogen-bond donors (Lipinski definition) is 1. The molecule has 0 bridgehead atoms. The number of rotatable bonds is 2. The minimum atomic E-state index is 0.481. The van der Waals surface area contributed by atoms with Gasteiger partial charge in [-0.2, -0.15) is 5.10 Å². The number of carbonyl (C=O) groups excluding carboxylic acids is 1. The van der Waals surface area contributed by atoms with Gasteiger partial charge in [0.05, 0.1) is 6.20 Å². The van der Waals surface area contributed by atoms with Crippen molar-refractivity contribution in [2.75, 3.05) is 5.32 Å². The van der Waals surface area contributed by atoms with E-state index in [9.17, 15) is 4.79 Å². The van der Waals surface area contributed by atoms with E-state index in [2.05, 4.69) is 15.5 Å². The van der Waals surface area contributed by atoms with Crippen molar-refractivity contribution in [2.24, 2.45) is 0 Å². The Bertz CT molecular complexity index is 236. The van der Waals surface area contributed by atoms with Crippen molar-refractivity contribution >= 4 is 12.2 Å². The van der Waals surface area contributed by atoms with Gasteiger partial charge in [0.25, 0.3) is 0 Å². The van der Waals surface area contributed by atoms with Crippen LogP contribution in [0.1, 0.15) is 5.56 Å². The Hall–Kier alpha value is -1.45. The Labute approximate surface area is 58.3 Å². The zero-order valence-corrected chi connectivity index (χ0v) is 5.53. The highest BCUT2D eigenvalue weighted by atomic mass is 16.1. The number of nitrogens with one attached hydrogen (secondary N) is 1. The summed E-state index contributed by atoms with van der Waals surface area (Å²) in [6, 6.07) is 1.74. The minimum absolute atomic E-state index is 0.481. The monoisotopic (exact) mass is 137 g/mol. The molecule has 4 heteroatoms. The summed E-state index contributed by atoms with van der Waals surface area (Å²) < 4.78 is 0. The van der Waals surface area contributed by atoms with Crippen LogP contribution in [0.4, 0.5) is 5.82 Å². The number of hydrogen-bond acceptors (Lipinski definition) is 3. The van der Waals surface area contributed by atoms with Crippen molar-refractivity contribution in [3.8, 4) is 0 Å². The van der Waals surface area contributed by atoms with Crippen molar-refractivity contribution in [1.29, 1.82) is 0 Å². The van der Waals surface area contributed by atoms with E-state index in [0.29, 0.717) is 12.2 Å². The molecular formula is C6H7N3O. The molecule has 1 rings (SSSR count). The highest BCUT2D eigenvalue weighted by Gasteiger charge is 1.90. The zero-order valence-electron chi connectivity index (χ0n) is 5.53. The topological polar surface area (TPSA) is 54.9 Å². The van der Waals surface area contributed by atoms with Gasteiger partial charge in [-0.3, -0.25) is 4.79 Å². The number of amides is 1. The maximum atomic E-state index is 9.91. The summed E-state index contributed by atoms with van der Waals surface area (Å²) in [6.07, 6.45) is 2.19. The van der Waals surface area contributed by atoms with E-state index in [0.717, 1.165) is 5.56 Å². The number of aromatic nitrogens is 2. The second kappa shape index (κ2) is 2.91. The molecule has 0 spiro atoms. The van der Waals surface area contributed by atoms with Crippen LogP contribution in [0, 0.1) is 6.92 Å². The van der Waals surface area contributed by atoms with E-state index in [4.69, 9.17) is 0 Å².